The smallest absolute Gasteiger partial charge is 0.449 e. The van der Waals surface area contributed by atoms with Crippen molar-refractivity contribution in [3.63, 3.8) is 0 Å². The second kappa shape index (κ2) is 7.07. The van der Waals surface area contributed by atoms with E-state index in [1.165, 1.54) is 5.56 Å². The summed E-state index contributed by atoms with van der Waals surface area (Å²) in [6.07, 6.45) is 2.92. The molecule has 0 fully saturated rings. The zero-order chi connectivity index (χ0) is 16.0. The molecule has 1 aromatic carbocycles. The number of hydrogen-bond donors (Lipinski definition) is 1. The zero-order valence-electron chi connectivity index (χ0n) is 13.0. The van der Waals surface area contributed by atoms with Gasteiger partial charge in [0.15, 0.2) is 0 Å². The van der Waals surface area contributed by atoms with Crippen LogP contribution in [0.15, 0.2) is 48.7 Å². The Labute approximate surface area is 130 Å². The molecule has 0 aliphatic rings. The first kappa shape index (κ1) is 16.0. The lowest BCUT2D eigenvalue weighted by Gasteiger charge is -2.25. The fourth-order valence-corrected chi connectivity index (χ4v) is 2.46. The second-order valence-corrected chi connectivity index (χ2v) is 6.16. The number of carboxylic acid groups (broad SMARTS) is 1. The molecule has 2 rings (SSSR count). The second-order valence-electron chi connectivity index (χ2n) is 6.16. The maximum Gasteiger partial charge on any atom is 0.512 e. The average Bonchev–Trinajstić information content (AvgIpc) is 2.48. The number of hydrogen-bond acceptors (Lipinski definition) is 3. The molecular formula is C18H21NO3. The van der Waals surface area contributed by atoms with Crippen molar-refractivity contribution in [2.75, 3.05) is 0 Å². The summed E-state index contributed by atoms with van der Waals surface area (Å²) in [6, 6.07) is 14.0. The summed E-state index contributed by atoms with van der Waals surface area (Å²) in [5.41, 5.74) is 2.15. The number of aryl methyl sites for hydroxylation is 1. The van der Waals surface area contributed by atoms with E-state index >= 15 is 0 Å². The molecule has 0 radical (unpaired) electrons. The first-order chi connectivity index (χ1) is 10.5. The fourth-order valence-electron chi connectivity index (χ4n) is 2.46. The summed E-state index contributed by atoms with van der Waals surface area (Å²) in [7, 11) is 0. The van der Waals surface area contributed by atoms with Crippen LogP contribution < -0.4 is 4.74 Å². The van der Waals surface area contributed by atoms with Crippen LogP contribution in [-0.4, -0.2) is 16.2 Å². The highest BCUT2D eigenvalue weighted by atomic mass is 16.7. The van der Waals surface area contributed by atoms with Crippen molar-refractivity contribution < 1.29 is 14.6 Å². The molecule has 0 bridgehead atoms. The van der Waals surface area contributed by atoms with Crippen LogP contribution >= 0.6 is 0 Å². The zero-order valence-corrected chi connectivity index (χ0v) is 13.0. The Bertz CT molecular complexity index is 623. The van der Waals surface area contributed by atoms with Crippen molar-refractivity contribution in [1.29, 1.82) is 0 Å². The summed E-state index contributed by atoms with van der Waals surface area (Å²) in [5.74, 6) is 0.183. The van der Waals surface area contributed by atoms with E-state index in [0.29, 0.717) is 0 Å². The van der Waals surface area contributed by atoms with Crippen LogP contribution in [0.25, 0.3) is 0 Å². The molecule has 4 nitrogen and oxygen atoms in total. The lowest BCUT2D eigenvalue weighted by Crippen LogP contribution is -2.18. The van der Waals surface area contributed by atoms with Gasteiger partial charge in [-0.3, -0.25) is 0 Å². The highest BCUT2D eigenvalue weighted by Crippen LogP contribution is 2.30. The van der Waals surface area contributed by atoms with E-state index in [1.807, 2.05) is 24.3 Å². The molecule has 116 valence electrons. The molecular weight excluding hydrogens is 278 g/mol. The van der Waals surface area contributed by atoms with Crippen LogP contribution in [-0.2, 0) is 12.8 Å². The topological polar surface area (TPSA) is 59.4 Å². The van der Waals surface area contributed by atoms with E-state index in [0.717, 1.165) is 24.8 Å². The SMILES string of the molecule is CC(C)(CCc1ccccc1)Cc1cccnc1OC(=O)O. The molecule has 22 heavy (non-hydrogen) atoms. The maximum atomic E-state index is 10.7. The Morgan fingerprint density at radius 3 is 2.59 bits per heavy atom. The van der Waals surface area contributed by atoms with E-state index < -0.39 is 6.16 Å². The Kier molecular flexibility index (Phi) is 5.15. The molecule has 0 saturated carbocycles. The minimum absolute atomic E-state index is 0.0233. The predicted octanol–water partition coefficient (Wildman–Crippen LogP) is 4.34. The highest BCUT2D eigenvalue weighted by Gasteiger charge is 2.21. The number of ether oxygens (including phenoxy) is 1. The van der Waals surface area contributed by atoms with Crippen molar-refractivity contribution in [3.05, 3.63) is 59.8 Å². The minimum atomic E-state index is -1.33. The molecule has 0 amide bonds. The molecule has 1 heterocycles. The van der Waals surface area contributed by atoms with Crippen LogP contribution in [0.2, 0.25) is 0 Å². The molecule has 1 aromatic heterocycles. The minimum Gasteiger partial charge on any atom is -0.449 e. The van der Waals surface area contributed by atoms with Crippen LogP contribution in [0.5, 0.6) is 5.88 Å². The first-order valence-electron chi connectivity index (χ1n) is 7.35. The standard InChI is InChI=1S/C18H21NO3/c1-18(2,11-10-14-7-4-3-5-8-14)13-15-9-6-12-19-16(15)22-17(20)21/h3-9,12H,10-11,13H2,1-2H3,(H,20,21). The maximum absolute atomic E-state index is 10.7. The van der Waals surface area contributed by atoms with Gasteiger partial charge in [-0.1, -0.05) is 50.2 Å². The Hall–Kier alpha value is -2.36. The normalized spacial score (nSPS) is 11.2. The lowest BCUT2D eigenvalue weighted by atomic mass is 9.81. The monoisotopic (exact) mass is 299 g/mol. The Balaban J connectivity index is 2.03. The quantitative estimate of drug-likeness (QED) is 0.806. The van der Waals surface area contributed by atoms with E-state index in [4.69, 9.17) is 9.84 Å². The Morgan fingerprint density at radius 2 is 1.91 bits per heavy atom. The van der Waals surface area contributed by atoms with Crippen molar-refractivity contribution in [2.45, 2.75) is 33.1 Å². The van der Waals surface area contributed by atoms with Gasteiger partial charge in [-0.2, -0.15) is 0 Å². The summed E-state index contributed by atoms with van der Waals surface area (Å²) < 4.78 is 4.76. The third-order valence-electron chi connectivity index (χ3n) is 3.64. The third-order valence-corrected chi connectivity index (χ3v) is 3.64. The van der Waals surface area contributed by atoms with Crippen molar-refractivity contribution in [3.8, 4) is 5.88 Å². The predicted molar refractivity (Wildman–Crippen MR) is 85.1 cm³/mol. The highest BCUT2D eigenvalue weighted by molar-refractivity contribution is 5.61. The summed E-state index contributed by atoms with van der Waals surface area (Å²) in [4.78, 5) is 14.8. The first-order valence-corrected chi connectivity index (χ1v) is 7.35. The van der Waals surface area contributed by atoms with Gasteiger partial charge in [-0.15, -0.1) is 0 Å². The number of pyridine rings is 1. The molecule has 1 N–H and O–H groups in total. The Morgan fingerprint density at radius 1 is 1.18 bits per heavy atom. The third kappa shape index (κ3) is 4.88. The van der Waals surface area contributed by atoms with Gasteiger partial charge in [0.1, 0.15) is 0 Å². The number of nitrogens with zero attached hydrogens (tertiary/aromatic N) is 1. The molecule has 0 atom stereocenters. The van der Waals surface area contributed by atoms with Crippen LogP contribution in [0.4, 0.5) is 4.79 Å². The van der Waals surface area contributed by atoms with Gasteiger partial charge in [-0.25, -0.2) is 9.78 Å². The van der Waals surface area contributed by atoms with Crippen molar-refractivity contribution in [2.24, 2.45) is 5.41 Å². The van der Waals surface area contributed by atoms with Gasteiger partial charge in [-0.05, 0) is 36.3 Å². The number of benzene rings is 1. The molecule has 0 aliphatic heterocycles. The van der Waals surface area contributed by atoms with E-state index in [-0.39, 0.29) is 11.3 Å². The number of rotatable bonds is 6. The molecule has 0 saturated heterocycles. The van der Waals surface area contributed by atoms with E-state index in [9.17, 15) is 4.79 Å². The fraction of sp³-hybridized carbons (Fsp3) is 0.333. The molecule has 0 spiro atoms. The van der Waals surface area contributed by atoms with Gasteiger partial charge in [0.2, 0.25) is 5.88 Å². The van der Waals surface area contributed by atoms with Gasteiger partial charge >= 0.3 is 6.16 Å². The van der Waals surface area contributed by atoms with E-state index in [2.05, 4.69) is 31.0 Å². The average molecular weight is 299 g/mol. The van der Waals surface area contributed by atoms with Crippen molar-refractivity contribution in [1.82, 2.24) is 4.98 Å². The summed E-state index contributed by atoms with van der Waals surface area (Å²) in [6.45, 7) is 4.35. The lowest BCUT2D eigenvalue weighted by molar-refractivity contribution is 0.141. The molecule has 2 aromatic rings. The van der Waals surface area contributed by atoms with Crippen molar-refractivity contribution >= 4 is 6.16 Å². The summed E-state index contributed by atoms with van der Waals surface area (Å²) in [5, 5.41) is 8.78. The number of carbonyl (C=O) groups is 1. The summed E-state index contributed by atoms with van der Waals surface area (Å²) >= 11 is 0. The van der Waals surface area contributed by atoms with Crippen LogP contribution in [0.3, 0.4) is 0 Å². The number of aromatic nitrogens is 1. The van der Waals surface area contributed by atoms with Crippen LogP contribution in [0.1, 0.15) is 31.4 Å². The largest absolute Gasteiger partial charge is 0.512 e. The molecule has 0 aliphatic carbocycles. The van der Waals surface area contributed by atoms with Gasteiger partial charge in [0.25, 0.3) is 0 Å². The molecule has 4 heteroatoms. The van der Waals surface area contributed by atoms with Gasteiger partial charge in [0.05, 0.1) is 0 Å². The molecule has 0 unspecified atom stereocenters. The van der Waals surface area contributed by atoms with Gasteiger partial charge in [0, 0.05) is 11.8 Å². The van der Waals surface area contributed by atoms with E-state index in [1.54, 1.807) is 12.3 Å². The van der Waals surface area contributed by atoms with Gasteiger partial charge < -0.3 is 9.84 Å². The van der Waals surface area contributed by atoms with Crippen LogP contribution in [0, 0.1) is 5.41 Å².